The molecular weight excluding hydrogens is 374 g/mol. The molecule has 1 N–H and O–H groups in total. The number of nitrogens with one attached hydrogen (secondary N) is 1. The highest BCUT2D eigenvalue weighted by Gasteiger charge is 2.31. The van der Waals surface area contributed by atoms with Crippen molar-refractivity contribution in [3.8, 4) is 0 Å². The molecule has 2 fully saturated rings. The lowest BCUT2D eigenvalue weighted by Gasteiger charge is -2.27. The van der Waals surface area contributed by atoms with Gasteiger partial charge in [-0.15, -0.1) is 0 Å². The second-order valence-electron chi connectivity index (χ2n) is 7.26. The molecule has 0 radical (unpaired) electrons. The molecule has 2 aliphatic rings. The fraction of sp³-hybridized carbons (Fsp3) is 0.429. The molecule has 0 unspecified atom stereocenters. The summed E-state index contributed by atoms with van der Waals surface area (Å²) < 4.78 is 4.85. The van der Waals surface area contributed by atoms with Crippen LogP contribution in [-0.2, 0) is 4.74 Å². The molecule has 148 valence electrons. The molecule has 2 amide bonds. The maximum absolute atomic E-state index is 13.1. The van der Waals surface area contributed by atoms with Crippen LogP contribution in [0.25, 0.3) is 0 Å². The zero-order valence-corrected chi connectivity index (χ0v) is 16.8. The SMILES string of the molecule is COC(=O)c1ccc(N2CCCC2)c(NC(=O)N2CCC[C@H]2c2ccsc2)c1. The number of ether oxygens (including phenoxy) is 1. The van der Waals surface area contributed by atoms with Gasteiger partial charge in [0, 0.05) is 19.6 Å². The highest BCUT2D eigenvalue weighted by atomic mass is 32.1. The van der Waals surface area contributed by atoms with Gasteiger partial charge in [0.2, 0.25) is 0 Å². The van der Waals surface area contributed by atoms with Crippen LogP contribution in [0.1, 0.15) is 47.6 Å². The number of carbonyl (C=O) groups excluding carboxylic acids is 2. The second kappa shape index (κ2) is 8.22. The predicted octanol–water partition coefficient (Wildman–Crippen LogP) is 4.50. The van der Waals surface area contributed by atoms with Gasteiger partial charge in [-0.05, 0) is 66.3 Å². The van der Waals surface area contributed by atoms with Crippen molar-refractivity contribution in [3.05, 3.63) is 46.2 Å². The number of hydrogen-bond acceptors (Lipinski definition) is 5. The van der Waals surface area contributed by atoms with Crippen molar-refractivity contribution in [2.24, 2.45) is 0 Å². The molecule has 1 atom stereocenters. The van der Waals surface area contributed by atoms with Crippen molar-refractivity contribution in [1.82, 2.24) is 4.90 Å². The molecule has 2 saturated heterocycles. The van der Waals surface area contributed by atoms with Crippen LogP contribution in [0.3, 0.4) is 0 Å². The lowest BCUT2D eigenvalue weighted by Crippen LogP contribution is -2.35. The van der Waals surface area contributed by atoms with Gasteiger partial charge in [-0.1, -0.05) is 0 Å². The number of anilines is 2. The Bertz CT molecular complexity index is 847. The van der Waals surface area contributed by atoms with Crippen molar-refractivity contribution in [2.75, 3.05) is 37.0 Å². The number of carbonyl (C=O) groups is 2. The summed E-state index contributed by atoms with van der Waals surface area (Å²) >= 11 is 1.65. The number of methoxy groups -OCH3 is 1. The van der Waals surface area contributed by atoms with Gasteiger partial charge < -0.3 is 19.9 Å². The number of hydrogen-bond donors (Lipinski definition) is 1. The highest BCUT2D eigenvalue weighted by molar-refractivity contribution is 7.08. The van der Waals surface area contributed by atoms with Crippen LogP contribution >= 0.6 is 11.3 Å². The average molecular weight is 400 g/mol. The van der Waals surface area contributed by atoms with Gasteiger partial charge >= 0.3 is 12.0 Å². The van der Waals surface area contributed by atoms with E-state index in [9.17, 15) is 9.59 Å². The van der Waals surface area contributed by atoms with E-state index in [-0.39, 0.29) is 12.1 Å². The Labute approximate surface area is 169 Å². The molecule has 4 rings (SSSR count). The predicted molar refractivity (Wildman–Crippen MR) is 111 cm³/mol. The maximum Gasteiger partial charge on any atom is 0.337 e. The van der Waals surface area contributed by atoms with Gasteiger partial charge in [0.15, 0.2) is 0 Å². The lowest BCUT2D eigenvalue weighted by atomic mass is 10.1. The summed E-state index contributed by atoms with van der Waals surface area (Å²) in [7, 11) is 1.37. The lowest BCUT2D eigenvalue weighted by molar-refractivity contribution is 0.0600. The molecule has 6 nitrogen and oxygen atoms in total. The minimum Gasteiger partial charge on any atom is -0.465 e. The van der Waals surface area contributed by atoms with Gasteiger partial charge in [0.1, 0.15) is 0 Å². The minimum absolute atomic E-state index is 0.115. The number of likely N-dealkylation sites (tertiary alicyclic amines) is 1. The Morgan fingerprint density at radius 3 is 2.68 bits per heavy atom. The fourth-order valence-corrected chi connectivity index (χ4v) is 4.83. The molecule has 7 heteroatoms. The molecule has 0 aliphatic carbocycles. The molecule has 0 bridgehead atoms. The van der Waals surface area contributed by atoms with E-state index in [2.05, 4.69) is 27.0 Å². The van der Waals surface area contributed by atoms with Gasteiger partial charge in [-0.25, -0.2) is 9.59 Å². The van der Waals surface area contributed by atoms with Crippen LogP contribution in [0.5, 0.6) is 0 Å². The summed E-state index contributed by atoms with van der Waals surface area (Å²) in [5.41, 5.74) is 3.27. The summed E-state index contributed by atoms with van der Waals surface area (Å²) in [6.07, 6.45) is 4.25. The van der Waals surface area contributed by atoms with Crippen LogP contribution in [0, 0.1) is 0 Å². The molecule has 2 aliphatic heterocycles. The Balaban J connectivity index is 1.59. The Morgan fingerprint density at radius 2 is 1.96 bits per heavy atom. The summed E-state index contributed by atoms with van der Waals surface area (Å²) in [6.45, 7) is 2.66. The number of benzene rings is 1. The highest BCUT2D eigenvalue weighted by Crippen LogP contribution is 2.35. The summed E-state index contributed by atoms with van der Waals surface area (Å²) in [6, 6.07) is 7.50. The minimum atomic E-state index is -0.402. The fourth-order valence-electron chi connectivity index (χ4n) is 4.12. The van der Waals surface area contributed by atoms with E-state index in [1.165, 1.54) is 12.7 Å². The third-order valence-electron chi connectivity index (χ3n) is 5.55. The quantitative estimate of drug-likeness (QED) is 0.769. The third kappa shape index (κ3) is 3.71. The van der Waals surface area contributed by atoms with Crippen molar-refractivity contribution >= 4 is 34.7 Å². The van der Waals surface area contributed by atoms with E-state index >= 15 is 0 Å². The van der Waals surface area contributed by atoms with E-state index in [1.54, 1.807) is 23.5 Å². The van der Waals surface area contributed by atoms with Gasteiger partial charge in [0.25, 0.3) is 0 Å². The van der Waals surface area contributed by atoms with Gasteiger partial charge in [-0.2, -0.15) is 11.3 Å². The number of nitrogens with zero attached hydrogens (tertiary/aromatic N) is 2. The number of amides is 2. The van der Waals surface area contributed by atoms with Gasteiger partial charge in [0.05, 0.1) is 30.1 Å². The smallest absolute Gasteiger partial charge is 0.337 e. The van der Waals surface area contributed by atoms with Crippen LogP contribution < -0.4 is 10.2 Å². The first-order chi connectivity index (χ1) is 13.7. The normalized spacial score (nSPS) is 19.1. The summed E-state index contributed by atoms with van der Waals surface area (Å²) in [4.78, 5) is 29.3. The maximum atomic E-state index is 13.1. The number of esters is 1. The number of thiophene rings is 1. The first-order valence-electron chi connectivity index (χ1n) is 9.74. The molecule has 1 aromatic heterocycles. The first-order valence-corrected chi connectivity index (χ1v) is 10.7. The molecule has 1 aromatic carbocycles. The Kier molecular flexibility index (Phi) is 5.52. The second-order valence-corrected chi connectivity index (χ2v) is 8.04. The van der Waals surface area contributed by atoms with E-state index in [0.717, 1.165) is 51.0 Å². The number of rotatable bonds is 4. The molecule has 0 spiro atoms. The zero-order chi connectivity index (χ0) is 19.5. The monoisotopic (exact) mass is 399 g/mol. The summed E-state index contributed by atoms with van der Waals surface area (Å²) in [5.74, 6) is -0.402. The van der Waals surface area contributed by atoms with Crippen LogP contribution in [0.2, 0.25) is 0 Å². The number of urea groups is 1. The van der Waals surface area contributed by atoms with Crippen LogP contribution in [-0.4, -0.2) is 43.6 Å². The van der Waals surface area contributed by atoms with E-state index < -0.39 is 5.97 Å². The molecule has 2 aromatic rings. The topological polar surface area (TPSA) is 61.9 Å². The Hall–Kier alpha value is -2.54. The van der Waals surface area contributed by atoms with Crippen molar-refractivity contribution in [1.29, 1.82) is 0 Å². The Morgan fingerprint density at radius 1 is 1.14 bits per heavy atom. The van der Waals surface area contributed by atoms with E-state index in [1.807, 2.05) is 11.0 Å². The molecule has 3 heterocycles. The third-order valence-corrected chi connectivity index (χ3v) is 6.25. The summed E-state index contributed by atoms with van der Waals surface area (Å²) in [5, 5.41) is 7.25. The molecule has 28 heavy (non-hydrogen) atoms. The van der Waals surface area contributed by atoms with E-state index in [0.29, 0.717) is 11.3 Å². The van der Waals surface area contributed by atoms with Crippen molar-refractivity contribution < 1.29 is 14.3 Å². The average Bonchev–Trinajstić information content (AvgIpc) is 3.48. The largest absolute Gasteiger partial charge is 0.465 e. The van der Waals surface area contributed by atoms with Gasteiger partial charge in [-0.3, -0.25) is 0 Å². The zero-order valence-electron chi connectivity index (χ0n) is 16.0. The van der Waals surface area contributed by atoms with Crippen LogP contribution in [0.15, 0.2) is 35.0 Å². The standard InChI is InChI=1S/C21H25N3O3S/c1-27-20(25)15-6-7-19(23-9-2-3-10-23)17(13-15)22-21(26)24-11-4-5-18(24)16-8-12-28-14-16/h6-8,12-14,18H,2-5,9-11H2,1H3,(H,22,26)/t18-/m0/s1. The van der Waals surface area contributed by atoms with Crippen molar-refractivity contribution in [3.63, 3.8) is 0 Å². The molecular formula is C21H25N3O3S. The molecule has 0 saturated carbocycles. The first kappa shape index (κ1) is 18.8. The van der Waals surface area contributed by atoms with Crippen molar-refractivity contribution in [2.45, 2.75) is 31.7 Å². The van der Waals surface area contributed by atoms with Crippen LogP contribution in [0.4, 0.5) is 16.2 Å². The van der Waals surface area contributed by atoms with E-state index in [4.69, 9.17) is 4.74 Å².